The normalized spacial score (nSPS) is 11.2. The molecular formula is C20H28N4O. The molecule has 134 valence electrons. The van der Waals surface area contributed by atoms with Gasteiger partial charge in [-0.25, -0.2) is 4.98 Å². The Morgan fingerprint density at radius 2 is 1.96 bits per heavy atom. The molecule has 1 amide bonds. The molecule has 0 bridgehead atoms. The Bertz CT molecular complexity index is 662. The smallest absolute Gasteiger partial charge is 0.252 e. The van der Waals surface area contributed by atoms with Gasteiger partial charge in [0.15, 0.2) is 0 Å². The topological polar surface area (TPSA) is 58.1 Å². The molecule has 0 saturated carbocycles. The van der Waals surface area contributed by atoms with Crippen LogP contribution in [0.5, 0.6) is 0 Å². The molecule has 0 aromatic carbocycles. The standard InChI is InChI=1S/C20H28N4O/c1-20(2,3)15-24(4)18-11-10-16(14-23-18)19(25)22-13-7-9-17-8-5-6-12-21-17/h5-6,8,10-12,14H,7,9,13,15H2,1-4H3,(H,22,25). The Morgan fingerprint density at radius 1 is 1.16 bits per heavy atom. The summed E-state index contributed by atoms with van der Waals surface area (Å²) in [5, 5.41) is 2.94. The number of hydrogen-bond donors (Lipinski definition) is 1. The van der Waals surface area contributed by atoms with Gasteiger partial charge in [-0.15, -0.1) is 0 Å². The van der Waals surface area contributed by atoms with Crippen molar-refractivity contribution in [2.24, 2.45) is 5.41 Å². The number of carbonyl (C=O) groups excluding carboxylic acids is 1. The molecule has 0 radical (unpaired) electrons. The highest BCUT2D eigenvalue weighted by atomic mass is 16.1. The van der Waals surface area contributed by atoms with Crippen LogP contribution >= 0.6 is 0 Å². The number of nitrogens with one attached hydrogen (secondary N) is 1. The van der Waals surface area contributed by atoms with Crippen LogP contribution < -0.4 is 10.2 Å². The van der Waals surface area contributed by atoms with Gasteiger partial charge in [-0.3, -0.25) is 9.78 Å². The fourth-order valence-electron chi connectivity index (χ4n) is 2.66. The molecule has 25 heavy (non-hydrogen) atoms. The minimum absolute atomic E-state index is 0.0847. The molecule has 2 rings (SSSR count). The monoisotopic (exact) mass is 340 g/mol. The summed E-state index contributed by atoms with van der Waals surface area (Å²) in [6.45, 7) is 8.10. The SMILES string of the molecule is CN(CC(C)(C)C)c1ccc(C(=O)NCCCc2ccccn2)cn1. The average Bonchev–Trinajstić information content (AvgIpc) is 2.58. The minimum Gasteiger partial charge on any atom is -0.359 e. The second kappa shape index (κ2) is 8.60. The van der Waals surface area contributed by atoms with Crippen molar-refractivity contribution < 1.29 is 4.79 Å². The second-order valence-electron chi connectivity index (χ2n) is 7.50. The van der Waals surface area contributed by atoms with E-state index in [1.165, 1.54) is 0 Å². The summed E-state index contributed by atoms with van der Waals surface area (Å²) in [6, 6.07) is 9.61. The van der Waals surface area contributed by atoms with Crippen molar-refractivity contribution in [3.63, 3.8) is 0 Å². The number of amides is 1. The van der Waals surface area contributed by atoms with E-state index in [9.17, 15) is 4.79 Å². The van der Waals surface area contributed by atoms with Crippen molar-refractivity contribution in [3.8, 4) is 0 Å². The maximum atomic E-state index is 12.2. The van der Waals surface area contributed by atoms with Gasteiger partial charge in [-0.05, 0) is 42.5 Å². The minimum atomic E-state index is -0.0847. The zero-order valence-corrected chi connectivity index (χ0v) is 15.6. The zero-order valence-electron chi connectivity index (χ0n) is 15.6. The van der Waals surface area contributed by atoms with Crippen molar-refractivity contribution in [3.05, 3.63) is 54.0 Å². The molecule has 5 heteroatoms. The van der Waals surface area contributed by atoms with Gasteiger partial charge in [0, 0.05) is 38.2 Å². The zero-order chi connectivity index (χ0) is 18.3. The van der Waals surface area contributed by atoms with Crippen LogP contribution in [0.15, 0.2) is 42.7 Å². The first kappa shape index (κ1) is 18.9. The van der Waals surface area contributed by atoms with Crippen molar-refractivity contribution in [1.82, 2.24) is 15.3 Å². The van der Waals surface area contributed by atoms with E-state index in [4.69, 9.17) is 0 Å². The van der Waals surface area contributed by atoms with Gasteiger partial charge in [0.2, 0.25) is 0 Å². The summed E-state index contributed by atoms with van der Waals surface area (Å²) in [4.78, 5) is 23.0. The third-order valence-corrected chi connectivity index (χ3v) is 3.73. The van der Waals surface area contributed by atoms with Gasteiger partial charge in [0.1, 0.15) is 5.82 Å². The molecule has 2 heterocycles. The first-order chi connectivity index (χ1) is 11.8. The third kappa shape index (κ3) is 6.53. The Hall–Kier alpha value is -2.43. The van der Waals surface area contributed by atoms with Crippen LogP contribution in [-0.4, -0.2) is 36.0 Å². The van der Waals surface area contributed by atoms with Gasteiger partial charge in [0.05, 0.1) is 5.56 Å². The molecule has 2 aromatic rings. The maximum absolute atomic E-state index is 12.2. The highest BCUT2D eigenvalue weighted by molar-refractivity contribution is 5.94. The molecule has 0 atom stereocenters. The summed E-state index contributed by atoms with van der Waals surface area (Å²) in [5.74, 6) is 0.792. The quantitative estimate of drug-likeness (QED) is 0.786. The fraction of sp³-hybridized carbons (Fsp3) is 0.450. The number of rotatable bonds is 7. The second-order valence-corrected chi connectivity index (χ2v) is 7.50. The molecule has 5 nitrogen and oxygen atoms in total. The largest absolute Gasteiger partial charge is 0.359 e. The number of anilines is 1. The van der Waals surface area contributed by atoms with Crippen LogP contribution in [0, 0.1) is 5.41 Å². The predicted molar refractivity (Wildman–Crippen MR) is 102 cm³/mol. The Balaban J connectivity index is 1.80. The van der Waals surface area contributed by atoms with E-state index < -0.39 is 0 Å². The lowest BCUT2D eigenvalue weighted by Gasteiger charge is -2.27. The molecule has 1 N–H and O–H groups in total. The molecule has 0 aliphatic rings. The average molecular weight is 340 g/mol. The van der Waals surface area contributed by atoms with Gasteiger partial charge in [-0.1, -0.05) is 26.8 Å². The van der Waals surface area contributed by atoms with Crippen molar-refractivity contribution >= 4 is 11.7 Å². The Labute approximate surface area is 150 Å². The molecular weight excluding hydrogens is 312 g/mol. The van der Waals surface area contributed by atoms with Gasteiger partial charge >= 0.3 is 0 Å². The highest BCUT2D eigenvalue weighted by Gasteiger charge is 2.15. The first-order valence-corrected chi connectivity index (χ1v) is 8.70. The first-order valence-electron chi connectivity index (χ1n) is 8.70. The molecule has 2 aromatic heterocycles. The number of nitrogens with zero attached hydrogens (tertiary/aromatic N) is 3. The van der Waals surface area contributed by atoms with Gasteiger partial charge in [0.25, 0.3) is 5.91 Å². The fourth-order valence-corrected chi connectivity index (χ4v) is 2.66. The number of aromatic nitrogens is 2. The number of aryl methyl sites for hydroxylation is 1. The van der Waals surface area contributed by atoms with E-state index in [0.717, 1.165) is 30.9 Å². The summed E-state index contributed by atoms with van der Waals surface area (Å²) < 4.78 is 0. The van der Waals surface area contributed by atoms with Crippen molar-refractivity contribution in [2.45, 2.75) is 33.6 Å². The summed E-state index contributed by atoms with van der Waals surface area (Å²) in [5.41, 5.74) is 1.83. The van der Waals surface area contributed by atoms with E-state index >= 15 is 0 Å². The van der Waals surface area contributed by atoms with E-state index in [0.29, 0.717) is 12.1 Å². The summed E-state index contributed by atoms with van der Waals surface area (Å²) in [6.07, 6.45) is 5.15. The highest BCUT2D eigenvalue weighted by Crippen LogP contribution is 2.18. The predicted octanol–water partition coefficient (Wildman–Crippen LogP) is 3.32. The van der Waals surface area contributed by atoms with Crippen LogP contribution in [0.4, 0.5) is 5.82 Å². The summed E-state index contributed by atoms with van der Waals surface area (Å²) in [7, 11) is 2.02. The number of carbonyl (C=O) groups is 1. The van der Waals surface area contributed by atoms with E-state index in [2.05, 4.69) is 41.0 Å². The third-order valence-electron chi connectivity index (χ3n) is 3.73. The molecule has 0 spiro atoms. The van der Waals surface area contributed by atoms with E-state index in [-0.39, 0.29) is 11.3 Å². The van der Waals surface area contributed by atoms with Crippen LogP contribution in [0.25, 0.3) is 0 Å². The van der Waals surface area contributed by atoms with Gasteiger partial charge < -0.3 is 10.2 Å². The molecule has 0 aliphatic heterocycles. The Morgan fingerprint density at radius 3 is 2.56 bits per heavy atom. The van der Waals surface area contributed by atoms with Crippen molar-refractivity contribution in [1.29, 1.82) is 0 Å². The van der Waals surface area contributed by atoms with Gasteiger partial charge in [-0.2, -0.15) is 0 Å². The lowest BCUT2D eigenvalue weighted by molar-refractivity contribution is 0.0953. The van der Waals surface area contributed by atoms with Crippen LogP contribution in [-0.2, 0) is 6.42 Å². The number of hydrogen-bond acceptors (Lipinski definition) is 4. The van der Waals surface area contributed by atoms with Crippen molar-refractivity contribution in [2.75, 3.05) is 25.0 Å². The molecule has 0 unspecified atom stereocenters. The molecule has 0 aliphatic carbocycles. The van der Waals surface area contributed by atoms with Crippen LogP contribution in [0.2, 0.25) is 0 Å². The lowest BCUT2D eigenvalue weighted by atomic mass is 9.96. The molecule has 0 saturated heterocycles. The van der Waals surface area contributed by atoms with E-state index in [1.54, 1.807) is 12.4 Å². The molecule has 0 fully saturated rings. The number of pyridine rings is 2. The lowest BCUT2D eigenvalue weighted by Crippen LogP contribution is -2.30. The van der Waals surface area contributed by atoms with E-state index in [1.807, 2.05) is 37.4 Å². The maximum Gasteiger partial charge on any atom is 0.252 e. The summed E-state index contributed by atoms with van der Waals surface area (Å²) >= 11 is 0. The van der Waals surface area contributed by atoms with Crippen LogP contribution in [0.3, 0.4) is 0 Å². The Kier molecular flexibility index (Phi) is 6.51. The van der Waals surface area contributed by atoms with Crippen LogP contribution in [0.1, 0.15) is 43.2 Å².